The summed E-state index contributed by atoms with van der Waals surface area (Å²) in [6.07, 6.45) is -0.125. The monoisotopic (exact) mass is 282 g/mol. The van der Waals surface area contributed by atoms with Crippen LogP contribution in [0.25, 0.3) is 0 Å². The summed E-state index contributed by atoms with van der Waals surface area (Å²) in [5.74, 6) is -1.27. The van der Waals surface area contributed by atoms with Crippen molar-refractivity contribution in [3.8, 4) is 0 Å². The summed E-state index contributed by atoms with van der Waals surface area (Å²) in [5, 5.41) is 10.5. The fourth-order valence-corrected chi connectivity index (χ4v) is 2.22. The summed E-state index contributed by atoms with van der Waals surface area (Å²) >= 11 is 5.85. The van der Waals surface area contributed by atoms with Gasteiger partial charge in [0.15, 0.2) is 0 Å². The molecule has 4 heteroatoms. The minimum Gasteiger partial charge on any atom is -0.392 e. The van der Waals surface area contributed by atoms with Gasteiger partial charge in [0.1, 0.15) is 11.6 Å². The van der Waals surface area contributed by atoms with Crippen molar-refractivity contribution in [3.63, 3.8) is 0 Å². The highest BCUT2D eigenvalue weighted by molar-refractivity contribution is 6.30. The van der Waals surface area contributed by atoms with E-state index in [0.717, 1.165) is 11.6 Å². The van der Waals surface area contributed by atoms with Gasteiger partial charge in [-0.05, 0) is 48.2 Å². The van der Waals surface area contributed by atoms with Gasteiger partial charge in [-0.15, -0.1) is 0 Å². The number of halogens is 3. The zero-order valence-electron chi connectivity index (χ0n) is 10.1. The molecule has 0 aliphatic rings. The molecule has 0 heterocycles. The molecule has 1 N–H and O–H groups in total. The Morgan fingerprint density at radius 1 is 0.947 bits per heavy atom. The Bertz CT molecular complexity index is 552. The lowest BCUT2D eigenvalue weighted by molar-refractivity contribution is 0.175. The van der Waals surface area contributed by atoms with Gasteiger partial charge >= 0.3 is 0 Å². The lowest BCUT2D eigenvalue weighted by Crippen LogP contribution is -2.14. The Balaban J connectivity index is 2.03. The standard InChI is InChI=1S/C15H13ClF2O/c16-12-3-1-2-10(4-12)7-15(19)8-11-5-13(17)9-14(18)6-11/h1-6,9,15,19H,7-8H2. The molecule has 0 aliphatic carbocycles. The SMILES string of the molecule is OC(Cc1cc(F)cc(F)c1)Cc1cccc(Cl)c1. The van der Waals surface area contributed by atoms with Crippen LogP contribution in [0.3, 0.4) is 0 Å². The second-order valence-corrected chi connectivity index (χ2v) is 4.91. The van der Waals surface area contributed by atoms with Crippen LogP contribution in [0.1, 0.15) is 11.1 Å². The first-order valence-corrected chi connectivity index (χ1v) is 6.28. The van der Waals surface area contributed by atoms with E-state index in [1.165, 1.54) is 12.1 Å². The maximum Gasteiger partial charge on any atom is 0.126 e. The van der Waals surface area contributed by atoms with Crippen molar-refractivity contribution in [1.29, 1.82) is 0 Å². The molecular formula is C15H13ClF2O. The van der Waals surface area contributed by atoms with Crippen molar-refractivity contribution in [2.24, 2.45) is 0 Å². The zero-order valence-corrected chi connectivity index (χ0v) is 10.9. The van der Waals surface area contributed by atoms with Crippen LogP contribution in [0, 0.1) is 11.6 Å². The van der Waals surface area contributed by atoms with E-state index in [2.05, 4.69) is 0 Å². The Morgan fingerprint density at radius 2 is 1.58 bits per heavy atom. The lowest BCUT2D eigenvalue weighted by Gasteiger charge is -2.11. The highest BCUT2D eigenvalue weighted by atomic mass is 35.5. The average molecular weight is 283 g/mol. The minimum atomic E-state index is -0.709. The Hall–Kier alpha value is -1.45. The number of aliphatic hydroxyl groups is 1. The fourth-order valence-electron chi connectivity index (χ4n) is 2.01. The average Bonchev–Trinajstić information content (AvgIpc) is 2.26. The fraction of sp³-hybridized carbons (Fsp3) is 0.200. The molecule has 0 saturated heterocycles. The van der Waals surface area contributed by atoms with Crippen LogP contribution in [0.15, 0.2) is 42.5 Å². The molecule has 0 radical (unpaired) electrons. The molecule has 0 bridgehead atoms. The van der Waals surface area contributed by atoms with Gasteiger partial charge in [-0.2, -0.15) is 0 Å². The van der Waals surface area contributed by atoms with Crippen LogP contribution in [-0.2, 0) is 12.8 Å². The van der Waals surface area contributed by atoms with Gasteiger partial charge in [-0.25, -0.2) is 8.78 Å². The zero-order chi connectivity index (χ0) is 13.8. The topological polar surface area (TPSA) is 20.2 Å². The van der Waals surface area contributed by atoms with E-state index in [4.69, 9.17) is 11.6 Å². The van der Waals surface area contributed by atoms with Crippen LogP contribution in [-0.4, -0.2) is 11.2 Å². The molecule has 0 aromatic heterocycles. The molecule has 0 aliphatic heterocycles. The molecule has 0 fully saturated rings. The molecule has 0 amide bonds. The summed E-state index contributed by atoms with van der Waals surface area (Å²) in [6, 6.07) is 10.4. The number of hydrogen-bond acceptors (Lipinski definition) is 1. The maximum absolute atomic E-state index is 13.0. The predicted molar refractivity (Wildman–Crippen MR) is 71.2 cm³/mol. The number of rotatable bonds is 4. The highest BCUT2D eigenvalue weighted by Crippen LogP contribution is 2.15. The molecule has 2 aromatic rings. The van der Waals surface area contributed by atoms with Crippen LogP contribution in [0.2, 0.25) is 5.02 Å². The summed E-state index contributed by atoms with van der Waals surface area (Å²) in [7, 11) is 0. The molecule has 2 rings (SSSR count). The summed E-state index contributed by atoms with van der Waals surface area (Å²) in [6.45, 7) is 0. The minimum absolute atomic E-state index is 0.196. The summed E-state index contributed by atoms with van der Waals surface area (Å²) in [5.41, 5.74) is 1.32. The van der Waals surface area contributed by atoms with Crippen LogP contribution < -0.4 is 0 Å². The predicted octanol–water partition coefficient (Wildman–Crippen LogP) is 3.76. The van der Waals surface area contributed by atoms with E-state index in [-0.39, 0.29) is 6.42 Å². The van der Waals surface area contributed by atoms with E-state index < -0.39 is 17.7 Å². The number of hydrogen-bond donors (Lipinski definition) is 1. The molecule has 1 atom stereocenters. The van der Waals surface area contributed by atoms with Gasteiger partial charge in [0.2, 0.25) is 0 Å². The quantitative estimate of drug-likeness (QED) is 0.905. The molecule has 19 heavy (non-hydrogen) atoms. The normalized spacial score (nSPS) is 12.4. The summed E-state index contributed by atoms with van der Waals surface area (Å²) in [4.78, 5) is 0. The Labute approximate surface area is 115 Å². The second kappa shape index (κ2) is 6.13. The molecule has 1 nitrogen and oxygen atoms in total. The molecule has 100 valence electrons. The van der Waals surface area contributed by atoms with Crippen LogP contribution in [0.5, 0.6) is 0 Å². The van der Waals surface area contributed by atoms with E-state index in [1.54, 1.807) is 18.2 Å². The molecule has 1 unspecified atom stereocenters. The smallest absolute Gasteiger partial charge is 0.126 e. The molecular weight excluding hydrogens is 270 g/mol. The Kier molecular flexibility index (Phi) is 4.51. The third-order valence-electron chi connectivity index (χ3n) is 2.75. The Morgan fingerprint density at radius 3 is 2.21 bits per heavy atom. The third kappa shape index (κ3) is 4.30. The third-order valence-corrected chi connectivity index (χ3v) is 2.99. The first-order valence-electron chi connectivity index (χ1n) is 5.90. The largest absolute Gasteiger partial charge is 0.392 e. The number of benzene rings is 2. The van der Waals surface area contributed by atoms with Gasteiger partial charge in [0, 0.05) is 11.1 Å². The van der Waals surface area contributed by atoms with E-state index >= 15 is 0 Å². The van der Waals surface area contributed by atoms with Crippen molar-refractivity contribution in [2.75, 3.05) is 0 Å². The second-order valence-electron chi connectivity index (χ2n) is 4.47. The molecule has 0 spiro atoms. The van der Waals surface area contributed by atoms with Crippen molar-refractivity contribution >= 4 is 11.6 Å². The summed E-state index contributed by atoms with van der Waals surface area (Å²) < 4.78 is 26.0. The molecule has 2 aromatic carbocycles. The van der Waals surface area contributed by atoms with Crippen LogP contribution in [0.4, 0.5) is 8.78 Å². The number of aliphatic hydroxyl groups excluding tert-OH is 1. The van der Waals surface area contributed by atoms with E-state index in [1.807, 2.05) is 6.07 Å². The first-order chi connectivity index (χ1) is 9.02. The van der Waals surface area contributed by atoms with Crippen molar-refractivity contribution < 1.29 is 13.9 Å². The highest BCUT2D eigenvalue weighted by Gasteiger charge is 2.09. The first kappa shape index (κ1) is 14.0. The lowest BCUT2D eigenvalue weighted by atomic mass is 10.0. The van der Waals surface area contributed by atoms with Crippen molar-refractivity contribution in [3.05, 3.63) is 70.2 Å². The van der Waals surface area contributed by atoms with Gasteiger partial charge < -0.3 is 5.11 Å². The van der Waals surface area contributed by atoms with Gasteiger partial charge in [0.25, 0.3) is 0 Å². The van der Waals surface area contributed by atoms with E-state index in [9.17, 15) is 13.9 Å². The molecule has 0 saturated carbocycles. The van der Waals surface area contributed by atoms with Gasteiger partial charge in [-0.3, -0.25) is 0 Å². The van der Waals surface area contributed by atoms with E-state index in [0.29, 0.717) is 17.0 Å². The van der Waals surface area contributed by atoms with Crippen LogP contribution >= 0.6 is 11.6 Å². The van der Waals surface area contributed by atoms with Crippen molar-refractivity contribution in [2.45, 2.75) is 18.9 Å². The van der Waals surface area contributed by atoms with Gasteiger partial charge in [0.05, 0.1) is 6.10 Å². The van der Waals surface area contributed by atoms with Crippen molar-refractivity contribution in [1.82, 2.24) is 0 Å². The van der Waals surface area contributed by atoms with Gasteiger partial charge in [-0.1, -0.05) is 23.7 Å². The maximum atomic E-state index is 13.0.